The highest BCUT2D eigenvalue weighted by molar-refractivity contribution is 6.14. The van der Waals surface area contributed by atoms with Crippen LogP contribution in [0.3, 0.4) is 0 Å². The zero-order valence-electron chi connectivity index (χ0n) is 27.0. The van der Waals surface area contributed by atoms with E-state index < -0.39 is 0 Å². The third kappa shape index (κ3) is 4.37. The van der Waals surface area contributed by atoms with Crippen LogP contribution in [0.4, 0.5) is 0 Å². The normalized spacial score (nSPS) is 12.6. The summed E-state index contributed by atoms with van der Waals surface area (Å²) in [5, 5.41) is 1.09. The minimum absolute atomic E-state index is 0.112. The molecule has 0 N–H and O–H groups in total. The predicted octanol–water partition coefficient (Wildman–Crippen LogP) is 9.64. The molecule has 4 heteroatoms. The van der Waals surface area contributed by atoms with Gasteiger partial charge >= 0.3 is 0 Å². The molecule has 8 rings (SSSR count). The summed E-state index contributed by atoms with van der Waals surface area (Å²) in [4.78, 5) is 14.9. The van der Waals surface area contributed by atoms with E-state index in [1.54, 1.807) is 4.57 Å². The standard InChI is InChI=1S/C39H26N4/c1-4-15-27(16-5-1)30-21-10-11-22-31(30)33-24-14-25-34-32-23-12-13-26-35(32)43(36(33)34)39-41-37(28-17-6-2-7-18-28)40-38(42-39)29-19-8-3-9-20-29/h1-26H/i12D,13D,23D,26D. The van der Waals surface area contributed by atoms with Crippen LogP contribution in [0.1, 0.15) is 5.48 Å². The second kappa shape index (κ2) is 10.5. The number of rotatable bonds is 5. The van der Waals surface area contributed by atoms with Crippen molar-refractivity contribution in [2.75, 3.05) is 0 Å². The van der Waals surface area contributed by atoms with Gasteiger partial charge in [0.1, 0.15) is 0 Å². The summed E-state index contributed by atoms with van der Waals surface area (Å²) in [6.07, 6.45) is 0. The van der Waals surface area contributed by atoms with Crippen molar-refractivity contribution in [2.24, 2.45) is 0 Å². The third-order valence-corrected chi connectivity index (χ3v) is 7.61. The number of nitrogens with zero attached hydrogens (tertiary/aromatic N) is 4. The SMILES string of the molecule is [2H]c1c([2H])c([2H])c2c(c1[2H])c1cccc(-c3ccccc3-c3ccccc3)c1n2-c1nc(-c2ccccc2)nc(-c2ccccc2)n1. The van der Waals surface area contributed by atoms with Gasteiger partial charge in [-0.05, 0) is 22.7 Å². The summed E-state index contributed by atoms with van der Waals surface area (Å²) in [5.74, 6) is 1.16. The van der Waals surface area contributed by atoms with Gasteiger partial charge in [-0.25, -0.2) is 4.98 Å². The van der Waals surface area contributed by atoms with Crippen molar-refractivity contribution in [2.45, 2.75) is 0 Å². The van der Waals surface area contributed by atoms with Gasteiger partial charge < -0.3 is 0 Å². The highest BCUT2D eigenvalue weighted by Crippen LogP contribution is 2.41. The van der Waals surface area contributed by atoms with Gasteiger partial charge in [0.25, 0.3) is 0 Å². The van der Waals surface area contributed by atoms with Gasteiger partial charge in [0.15, 0.2) is 11.6 Å². The third-order valence-electron chi connectivity index (χ3n) is 7.61. The molecule has 0 radical (unpaired) electrons. The van der Waals surface area contributed by atoms with Crippen molar-refractivity contribution in [1.82, 2.24) is 19.5 Å². The molecule has 0 aliphatic heterocycles. The number of hydrogen-bond acceptors (Lipinski definition) is 3. The van der Waals surface area contributed by atoms with Crippen LogP contribution < -0.4 is 0 Å². The smallest absolute Gasteiger partial charge is 0.238 e. The van der Waals surface area contributed by atoms with Gasteiger partial charge in [-0.2, -0.15) is 9.97 Å². The lowest BCUT2D eigenvalue weighted by Crippen LogP contribution is -2.07. The second-order valence-electron chi connectivity index (χ2n) is 10.2. The summed E-state index contributed by atoms with van der Waals surface area (Å²) in [5.41, 5.74) is 6.44. The summed E-state index contributed by atoms with van der Waals surface area (Å²) < 4.78 is 37.2. The maximum Gasteiger partial charge on any atom is 0.238 e. The topological polar surface area (TPSA) is 43.6 Å². The van der Waals surface area contributed by atoms with Crippen LogP contribution in [0.5, 0.6) is 0 Å². The summed E-state index contributed by atoms with van der Waals surface area (Å²) in [6, 6.07) is 42.6. The van der Waals surface area contributed by atoms with Gasteiger partial charge in [-0.15, -0.1) is 0 Å². The summed E-state index contributed by atoms with van der Waals surface area (Å²) in [7, 11) is 0. The molecule has 0 aliphatic rings. The van der Waals surface area contributed by atoms with Crippen LogP contribution in [0, 0.1) is 0 Å². The minimum Gasteiger partial charge on any atom is -0.277 e. The van der Waals surface area contributed by atoms with E-state index in [4.69, 9.17) is 20.4 Å². The maximum atomic E-state index is 9.15. The first-order valence-corrected chi connectivity index (χ1v) is 14.1. The molecular weight excluding hydrogens is 524 g/mol. The molecule has 0 saturated heterocycles. The molecule has 0 amide bonds. The minimum atomic E-state index is -0.321. The number of benzene rings is 6. The molecule has 202 valence electrons. The first-order valence-electron chi connectivity index (χ1n) is 16.1. The van der Waals surface area contributed by atoms with Crippen LogP contribution in [0.2, 0.25) is 0 Å². The Bertz CT molecular complexity index is 2390. The van der Waals surface area contributed by atoms with E-state index in [9.17, 15) is 0 Å². The monoisotopic (exact) mass is 554 g/mol. The van der Waals surface area contributed by atoms with Gasteiger partial charge in [0.2, 0.25) is 5.95 Å². The van der Waals surface area contributed by atoms with Crippen molar-refractivity contribution in [3.05, 3.63) is 158 Å². The predicted molar refractivity (Wildman–Crippen MR) is 176 cm³/mol. The van der Waals surface area contributed by atoms with Crippen molar-refractivity contribution in [3.63, 3.8) is 0 Å². The molecule has 0 atom stereocenters. The Hall–Kier alpha value is -5.87. The number of hydrogen-bond donors (Lipinski definition) is 0. The molecule has 4 nitrogen and oxygen atoms in total. The van der Waals surface area contributed by atoms with Crippen molar-refractivity contribution in [3.8, 4) is 51.0 Å². The van der Waals surface area contributed by atoms with Crippen LogP contribution in [0.25, 0.3) is 72.8 Å². The maximum absolute atomic E-state index is 9.15. The fourth-order valence-corrected chi connectivity index (χ4v) is 5.67. The van der Waals surface area contributed by atoms with E-state index in [0.29, 0.717) is 33.5 Å². The average Bonchev–Trinajstić information content (AvgIpc) is 3.50. The quantitative estimate of drug-likeness (QED) is 0.213. The summed E-state index contributed by atoms with van der Waals surface area (Å²) >= 11 is 0. The molecule has 8 aromatic rings. The number of fused-ring (bicyclic) bond motifs is 3. The summed E-state index contributed by atoms with van der Waals surface area (Å²) in [6.45, 7) is 0. The van der Waals surface area contributed by atoms with E-state index in [0.717, 1.165) is 33.4 Å². The average molecular weight is 555 g/mol. The van der Waals surface area contributed by atoms with E-state index in [1.807, 2.05) is 109 Å². The number of para-hydroxylation sites is 2. The Morgan fingerprint density at radius 1 is 0.442 bits per heavy atom. The Balaban J connectivity index is 1.55. The Morgan fingerprint density at radius 2 is 0.977 bits per heavy atom. The van der Waals surface area contributed by atoms with E-state index >= 15 is 0 Å². The van der Waals surface area contributed by atoms with Gasteiger partial charge in [-0.3, -0.25) is 4.57 Å². The zero-order chi connectivity index (χ0) is 32.1. The van der Waals surface area contributed by atoms with Crippen molar-refractivity contribution >= 4 is 21.8 Å². The fraction of sp³-hybridized carbons (Fsp3) is 0. The molecule has 0 aliphatic carbocycles. The molecule has 0 unspecified atom stereocenters. The van der Waals surface area contributed by atoms with E-state index in [-0.39, 0.29) is 30.1 Å². The van der Waals surface area contributed by atoms with Gasteiger partial charge in [-0.1, -0.05) is 152 Å². The highest BCUT2D eigenvalue weighted by Gasteiger charge is 2.21. The molecule has 0 saturated carbocycles. The molecule has 2 heterocycles. The van der Waals surface area contributed by atoms with Crippen LogP contribution in [0.15, 0.2) is 158 Å². The highest BCUT2D eigenvalue weighted by atomic mass is 15.2. The van der Waals surface area contributed by atoms with Crippen LogP contribution >= 0.6 is 0 Å². The van der Waals surface area contributed by atoms with Crippen molar-refractivity contribution in [1.29, 1.82) is 0 Å². The van der Waals surface area contributed by atoms with Crippen LogP contribution in [-0.4, -0.2) is 19.5 Å². The molecule has 43 heavy (non-hydrogen) atoms. The van der Waals surface area contributed by atoms with Gasteiger partial charge in [0, 0.05) is 27.5 Å². The first-order chi connectivity index (χ1) is 23.0. The fourth-order valence-electron chi connectivity index (χ4n) is 5.67. The lowest BCUT2D eigenvalue weighted by atomic mass is 9.93. The molecule has 0 fully saturated rings. The van der Waals surface area contributed by atoms with Gasteiger partial charge in [0.05, 0.1) is 16.5 Å². The Labute approximate surface area is 255 Å². The molecule has 6 aromatic carbocycles. The number of aromatic nitrogens is 4. The molecule has 0 spiro atoms. The molecule has 0 bridgehead atoms. The molecule has 2 aromatic heterocycles. The van der Waals surface area contributed by atoms with E-state index in [1.165, 1.54) is 0 Å². The molecular formula is C39H26N4. The van der Waals surface area contributed by atoms with Crippen molar-refractivity contribution < 1.29 is 5.48 Å². The Morgan fingerprint density at radius 3 is 1.63 bits per heavy atom. The largest absolute Gasteiger partial charge is 0.277 e. The first kappa shape index (κ1) is 20.9. The lowest BCUT2D eigenvalue weighted by Gasteiger charge is -2.15. The zero-order valence-corrected chi connectivity index (χ0v) is 23.0. The van der Waals surface area contributed by atoms with E-state index in [2.05, 4.69) is 24.3 Å². The lowest BCUT2D eigenvalue weighted by molar-refractivity contribution is 0.954. The Kier molecular flexibility index (Phi) is 5.11. The van der Waals surface area contributed by atoms with Crippen LogP contribution in [-0.2, 0) is 0 Å². The second-order valence-corrected chi connectivity index (χ2v) is 10.2.